The van der Waals surface area contributed by atoms with Gasteiger partial charge in [0.15, 0.2) is 0 Å². The van der Waals surface area contributed by atoms with Gasteiger partial charge in [-0.25, -0.2) is 9.18 Å². The number of benzene rings is 1. The zero-order valence-electron chi connectivity index (χ0n) is 13.6. The van der Waals surface area contributed by atoms with Crippen LogP contribution in [0.4, 0.5) is 4.39 Å². The minimum absolute atomic E-state index is 0.0311. The second kappa shape index (κ2) is 8.42. The lowest BCUT2D eigenvalue weighted by molar-refractivity contribution is -0.149. The number of aliphatic carboxylic acids is 1. The van der Waals surface area contributed by atoms with Gasteiger partial charge in [-0.2, -0.15) is 0 Å². The van der Waals surface area contributed by atoms with E-state index in [2.05, 4.69) is 26.6 Å². The molecular formula is C17H20BrFN2O4. The van der Waals surface area contributed by atoms with Crippen LogP contribution in [0.3, 0.4) is 0 Å². The minimum atomic E-state index is -1.20. The number of carbonyl (C=O) groups is 3. The molecule has 0 unspecified atom stereocenters. The minimum Gasteiger partial charge on any atom is -0.480 e. The monoisotopic (exact) mass is 414 g/mol. The van der Waals surface area contributed by atoms with Crippen molar-refractivity contribution in [2.24, 2.45) is 0 Å². The van der Waals surface area contributed by atoms with Crippen LogP contribution in [0.25, 0.3) is 0 Å². The molecule has 1 aliphatic carbocycles. The van der Waals surface area contributed by atoms with Crippen LogP contribution in [0.2, 0.25) is 0 Å². The quantitative estimate of drug-likeness (QED) is 0.666. The standard InChI is InChI=1S/C17H20BrFN2O4/c18-13-5-4-11(19)10-12(13)15(23)20-9-6-14(22)21-17(16(24)25)7-2-1-3-8-17/h4-5,10H,1-3,6-9H2,(H,20,23)(H,21,22)(H,24,25). The van der Waals surface area contributed by atoms with E-state index in [1.807, 2.05) is 0 Å². The molecule has 0 saturated heterocycles. The Morgan fingerprint density at radius 2 is 1.88 bits per heavy atom. The Morgan fingerprint density at radius 1 is 1.20 bits per heavy atom. The molecule has 6 nitrogen and oxygen atoms in total. The number of carboxylic acid groups (broad SMARTS) is 1. The Bertz CT molecular complexity index is 675. The van der Waals surface area contributed by atoms with Crippen LogP contribution in [0.1, 0.15) is 48.9 Å². The summed E-state index contributed by atoms with van der Waals surface area (Å²) < 4.78 is 13.7. The molecule has 2 amide bonds. The molecule has 0 aromatic heterocycles. The van der Waals surface area contributed by atoms with E-state index < -0.39 is 29.1 Å². The van der Waals surface area contributed by atoms with Gasteiger partial charge in [0.1, 0.15) is 11.4 Å². The molecular weight excluding hydrogens is 395 g/mol. The molecule has 25 heavy (non-hydrogen) atoms. The Morgan fingerprint density at radius 3 is 2.52 bits per heavy atom. The molecule has 0 atom stereocenters. The number of amides is 2. The summed E-state index contributed by atoms with van der Waals surface area (Å²) in [4.78, 5) is 35.6. The third-order valence-corrected chi connectivity index (χ3v) is 5.00. The Labute approximate surface area is 153 Å². The predicted molar refractivity (Wildman–Crippen MR) is 92.6 cm³/mol. The zero-order chi connectivity index (χ0) is 18.4. The normalized spacial score (nSPS) is 16.1. The number of carboxylic acids is 1. The average Bonchev–Trinajstić information content (AvgIpc) is 2.57. The van der Waals surface area contributed by atoms with Crippen LogP contribution in [0.15, 0.2) is 22.7 Å². The molecule has 0 aliphatic heterocycles. The van der Waals surface area contributed by atoms with Crippen molar-refractivity contribution in [1.29, 1.82) is 0 Å². The van der Waals surface area contributed by atoms with Crippen molar-refractivity contribution in [3.05, 3.63) is 34.1 Å². The van der Waals surface area contributed by atoms with Gasteiger partial charge in [-0.1, -0.05) is 19.3 Å². The molecule has 1 saturated carbocycles. The fraction of sp³-hybridized carbons (Fsp3) is 0.471. The summed E-state index contributed by atoms with van der Waals surface area (Å²) in [6.07, 6.45) is 3.26. The summed E-state index contributed by atoms with van der Waals surface area (Å²) in [5, 5.41) is 14.6. The van der Waals surface area contributed by atoms with Crippen LogP contribution in [0.5, 0.6) is 0 Å². The van der Waals surface area contributed by atoms with Gasteiger partial charge in [0.05, 0.1) is 5.56 Å². The highest BCUT2D eigenvalue weighted by molar-refractivity contribution is 9.10. The van der Waals surface area contributed by atoms with Gasteiger partial charge < -0.3 is 15.7 Å². The molecule has 136 valence electrons. The fourth-order valence-corrected chi connectivity index (χ4v) is 3.36. The number of hydrogen-bond acceptors (Lipinski definition) is 3. The van der Waals surface area contributed by atoms with E-state index in [0.717, 1.165) is 25.3 Å². The maximum Gasteiger partial charge on any atom is 0.329 e. The van der Waals surface area contributed by atoms with Gasteiger partial charge in [-0.3, -0.25) is 9.59 Å². The van der Waals surface area contributed by atoms with Crippen molar-refractivity contribution in [1.82, 2.24) is 10.6 Å². The molecule has 1 fully saturated rings. The maximum atomic E-state index is 13.2. The molecule has 1 aromatic rings. The first-order valence-electron chi connectivity index (χ1n) is 8.12. The van der Waals surface area contributed by atoms with Crippen molar-refractivity contribution in [2.75, 3.05) is 6.54 Å². The lowest BCUT2D eigenvalue weighted by atomic mass is 9.81. The van der Waals surface area contributed by atoms with Crippen molar-refractivity contribution in [2.45, 2.75) is 44.1 Å². The van der Waals surface area contributed by atoms with Crippen LogP contribution in [0, 0.1) is 5.82 Å². The van der Waals surface area contributed by atoms with Crippen molar-refractivity contribution in [3.63, 3.8) is 0 Å². The average molecular weight is 415 g/mol. The third-order valence-electron chi connectivity index (χ3n) is 4.31. The van der Waals surface area contributed by atoms with Crippen LogP contribution in [-0.4, -0.2) is 35.0 Å². The lowest BCUT2D eigenvalue weighted by Crippen LogP contribution is -2.55. The first-order chi connectivity index (χ1) is 11.8. The lowest BCUT2D eigenvalue weighted by Gasteiger charge is -2.34. The van der Waals surface area contributed by atoms with E-state index in [4.69, 9.17) is 0 Å². The number of nitrogens with one attached hydrogen (secondary N) is 2. The summed E-state index contributed by atoms with van der Waals surface area (Å²) >= 11 is 3.17. The van der Waals surface area contributed by atoms with Gasteiger partial charge in [0, 0.05) is 17.4 Å². The molecule has 2 rings (SSSR count). The summed E-state index contributed by atoms with van der Waals surface area (Å²) in [6, 6.07) is 3.75. The van der Waals surface area contributed by atoms with Crippen molar-refractivity contribution >= 4 is 33.7 Å². The second-order valence-corrected chi connectivity index (χ2v) is 6.98. The van der Waals surface area contributed by atoms with E-state index in [1.165, 1.54) is 12.1 Å². The Kier molecular flexibility index (Phi) is 6.52. The van der Waals surface area contributed by atoms with Crippen LogP contribution in [-0.2, 0) is 9.59 Å². The van der Waals surface area contributed by atoms with Crippen LogP contribution < -0.4 is 10.6 Å². The second-order valence-electron chi connectivity index (χ2n) is 6.13. The first kappa shape index (κ1) is 19.4. The number of halogens is 2. The van der Waals surface area contributed by atoms with Gasteiger partial charge in [0.2, 0.25) is 5.91 Å². The molecule has 0 bridgehead atoms. The van der Waals surface area contributed by atoms with Gasteiger partial charge in [0.25, 0.3) is 5.91 Å². The molecule has 8 heteroatoms. The van der Waals surface area contributed by atoms with Gasteiger partial charge in [-0.05, 0) is 47.0 Å². The molecule has 1 aromatic carbocycles. The molecule has 1 aliphatic rings. The van der Waals surface area contributed by atoms with Crippen molar-refractivity contribution < 1.29 is 23.9 Å². The summed E-state index contributed by atoms with van der Waals surface area (Å²) in [5.41, 5.74) is -1.07. The van der Waals surface area contributed by atoms with E-state index in [1.54, 1.807) is 0 Å². The highest BCUT2D eigenvalue weighted by Crippen LogP contribution is 2.28. The third kappa shape index (κ3) is 5.01. The van der Waals surface area contributed by atoms with E-state index in [9.17, 15) is 23.9 Å². The fourth-order valence-electron chi connectivity index (χ4n) is 2.93. The van der Waals surface area contributed by atoms with E-state index in [-0.39, 0.29) is 18.5 Å². The SMILES string of the molecule is O=C(CCNC(=O)c1cc(F)ccc1Br)NC1(C(=O)O)CCCCC1. The summed E-state index contributed by atoms with van der Waals surface area (Å²) in [7, 11) is 0. The Balaban J connectivity index is 1.86. The van der Waals surface area contributed by atoms with E-state index in [0.29, 0.717) is 17.3 Å². The number of hydrogen-bond donors (Lipinski definition) is 3. The molecule has 0 radical (unpaired) electrons. The van der Waals surface area contributed by atoms with Gasteiger partial charge >= 0.3 is 5.97 Å². The van der Waals surface area contributed by atoms with Crippen molar-refractivity contribution in [3.8, 4) is 0 Å². The number of rotatable bonds is 6. The Hall–Kier alpha value is -1.96. The highest BCUT2D eigenvalue weighted by Gasteiger charge is 2.40. The first-order valence-corrected chi connectivity index (χ1v) is 8.91. The zero-order valence-corrected chi connectivity index (χ0v) is 15.2. The molecule has 0 spiro atoms. The predicted octanol–water partition coefficient (Wildman–Crippen LogP) is 2.61. The maximum absolute atomic E-state index is 13.2. The summed E-state index contributed by atoms with van der Waals surface area (Å²) in [6.45, 7) is 0.0311. The number of carbonyl (C=O) groups excluding carboxylic acids is 2. The highest BCUT2D eigenvalue weighted by atomic mass is 79.9. The summed E-state index contributed by atoms with van der Waals surface area (Å²) in [5.74, 6) is -2.49. The smallest absolute Gasteiger partial charge is 0.329 e. The van der Waals surface area contributed by atoms with Crippen LogP contribution >= 0.6 is 15.9 Å². The molecule has 0 heterocycles. The van der Waals surface area contributed by atoms with Gasteiger partial charge in [-0.15, -0.1) is 0 Å². The topological polar surface area (TPSA) is 95.5 Å². The molecule has 3 N–H and O–H groups in total. The largest absolute Gasteiger partial charge is 0.480 e. The van der Waals surface area contributed by atoms with E-state index >= 15 is 0 Å².